The molecule has 0 aromatic carbocycles. The fraction of sp³-hybridized carbons (Fsp3) is 0.385. The lowest BCUT2D eigenvalue weighted by atomic mass is 10.2. The summed E-state index contributed by atoms with van der Waals surface area (Å²) in [6.45, 7) is 4.94. The van der Waals surface area contributed by atoms with Crippen LogP contribution in [0.4, 0.5) is 0 Å². The van der Waals surface area contributed by atoms with Crippen molar-refractivity contribution in [3.8, 4) is 0 Å². The second kappa shape index (κ2) is 5.03. The predicted octanol–water partition coefficient (Wildman–Crippen LogP) is 3.07. The van der Waals surface area contributed by atoms with E-state index in [1.54, 1.807) is 6.26 Å². The molecule has 0 radical (unpaired) electrons. The highest BCUT2D eigenvalue weighted by Crippen LogP contribution is 2.15. The molecule has 0 aliphatic rings. The number of hydrogen-bond donors (Lipinski definition) is 1. The molecule has 0 saturated carbocycles. The Bertz CT molecular complexity index is 417. The molecule has 1 atom stereocenters. The molecule has 1 N–H and O–H groups in total. The minimum Gasteiger partial charge on any atom is -0.469 e. The summed E-state index contributed by atoms with van der Waals surface area (Å²) >= 11 is 0. The summed E-state index contributed by atoms with van der Waals surface area (Å²) in [5, 5.41) is 3.40. The zero-order valence-corrected chi connectivity index (χ0v) is 9.69. The molecule has 3 nitrogen and oxygen atoms in total. The Hall–Kier alpha value is -1.48. The van der Waals surface area contributed by atoms with E-state index in [9.17, 15) is 0 Å². The Morgan fingerprint density at radius 1 is 1.31 bits per heavy atom. The van der Waals surface area contributed by atoms with Crippen molar-refractivity contribution in [1.29, 1.82) is 0 Å². The third-order valence-electron chi connectivity index (χ3n) is 2.59. The van der Waals surface area contributed by atoms with E-state index in [0.717, 1.165) is 30.2 Å². The van der Waals surface area contributed by atoms with Crippen LogP contribution in [-0.4, -0.2) is 6.54 Å². The molecule has 0 amide bonds. The summed E-state index contributed by atoms with van der Waals surface area (Å²) in [6, 6.07) is 8.14. The topological polar surface area (TPSA) is 38.3 Å². The largest absolute Gasteiger partial charge is 0.469 e. The van der Waals surface area contributed by atoms with Gasteiger partial charge in [0.25, 0.3) is 0 Å². The van der Waals surface area contributed by atoms with Gasteiger partial charge in [-0.05, 0) is 38.1 Å². The minimum atomic E-state index is 0.240. The summed E-state index contributed by atoms with van der Waals surface area (Å²) in [5.74, 6) is 2.95. The lowest BCUT2D eigenvalue weighted by Crippen LogP contribution is -2.20. The van der Waals surface area contributed by atoms with Crippen LogP contribution in [0.15, 0.2) is 39.4 Å². The third kappa shape index (κ3) is 2.76. The Balaban J connectivity index is 1.78. The number of nitrogens with one attached hydrogen (secondary N) is 1. The summed E-state index contributed by atoms with van der Waals surface area (Å²) in [6.07, 6.45) is 2.60. The maximum absolute atomic E-state index is 5.55. The fourth-order valence-corrected chi connectivity index (χ4v) is 1.65. The standard InChI is InChI=1S/C13H17NO2/c1-10-5-6-13(16-10)11(2)14-8-7-12-4-3-9-15-12/h3-6,9,11,14H,7-8H2,1-2H3. The Morgan fingerprint density at radius 3 is 2.81 bits per heavy atom. The molecule has 16 heavy (non-hydrogen) atoms. The van der Waals surface area contributed by atoms with Crippen LogP contribution in [0.2, 0.25) is 0 Å². The molecule has 3 heteroatoms. The molecule has 2 heterocycles. The van der Waals surface area contributed by atoms with E-state index in [2.05, 4.69) is 12.2 Å². The molecule has 2 aromatic rings. The molecular weight excluding hydrogens is 202 g/mol. The molecule has 2 aromatic heterocycles. The van der Waals surface area contributed by atoms with Gasteiger partial charge in [0.15, 0.2) is 0 Å². The zero-order valence-electron chi connectivity index (χ0n) is 9.69. The van der Waals surface area contributed by atoms with E-state index in [0.29, 0.717) is 0 Å². The van der Waals surface area contributed by atoms with Gasteiger partial charge in [-0.25, -0.2) is 0 Å². The normalized spacial score (nSPS) is 12.9. The molecular formula is C13H17NO2. The second-order valence-corrected chi connectivity index (χ2v) is 3.95. The maximum atomic E-state index is 5.55. The van der Waals surface area contributed by atoms with Gasteiger partial charge in [0.1, 0.15) is 17.3 Å². The van der Waals surface area contributed by atoms with Crippen LogP contribution in [-0.2, 0) is 6.42 Å². The van der Waals surface area contributed by atoms with E-state index >= 15 is 0 Å². The van der Waals surface area contributed by atoms with Crippen molar-refractivity contribution in [3.05, 3.63) is 47.8 Å². The van der Waals surface area contributed by atoms with Crippen molar-refractivity contribution in [2.24, 2.45) is 0 Å². The Labute approximate surface area is 95.5 Å². The van der Waals surface area contributed by atoms with Gasteiger partial charge in [-0.1, -0.05) is 0 Å². The average molecular weight is 219 g/mol. The second-order valence-electron chi connectivity index (χ2n) is 3.95. The molecule has 0 spiro atoms. The van der Waals surface area contributed by atoms with Crippen molar-refractivity contribution in [1.82, 2.24) is 5.32 Å². The quantitative estimate of drug-likeness (QED) is 0.839. The SMILES string of the molecule is Cc1ccc(C(C)NCCc2ccco2)o1. The summed E-state index contributed by atoms with van der Waals surface area (Å²) in [7, 11) is 0. The smallest absolute Gasteiger partial charge is 0.120 e. The van der Waals surface area contributed by atoms with Crippen LogP contribution in [0, 0.1) is 6.92 Å². The van der Waals surface area contributed by atoms with Crippen LogP contribution in [0.3, 0.4) is 0 Å². The van der Waals surface area contributed by atoms with E-state index in [1.165, 1.54) is 0 Å². The number of hydrogen-bond acceptors (Lipinski definition) is 3. The molecule has 0 aliphatic carbocycles. The van der Waals surface area contributed by atoms with Crippen LogP contribution in [0.1, 0.15) is 30.2 Å². The number of aryl methyl sites for hydroxylation is 1. The number of furan rings is 2. The third-order valence-corrected chi connectivity index (χ3v) is 2.59. The molecule has 0 bridgehead atoms. The van der Waals surface area contributed by atoms with Gasteiger partial charge in [-0.3, -0.25) is 0 Å². The highest BCUT2D eigenvalue weighted by Gasteiger charge is 2.08. The Kier molecular flexibility index (Phi) is 3.47. The predicted molar refractivity (Wildman–Crippen MR) is 62.3 cm³/mol. The van der Waals surface area contributed by atoms with Gasteiger partial charge in [-0.15, -0.1) is 0 Å². The highest BCUT2D eigenvalue weighted by atomic mass is 16.3. The highest BCUT2D eigenvalue weighted by molar-refractivity contribution is 5.09. The zero-order chi connectivity index (χ0) is 11.4. The summed E-state index contributed by atoms with van der Waals surface area (Å²) in [5.41, 5.74) is 0. The van der Waals surface area contributed by atoms with Gasteiger partial charge in [-0.2, -0.15) is 0 Å². The first kappa shape index (κ1) is 11.0. The van der Waals surface area contributed by atoms with Crippen molar-refractivity contribution < 1.29 is 8.83 Å². The van der Waals surface area contributed by atoms with Gasteiger partial charge in [0, 0.05) is 13.0 Å². The van der Waals surface area contributed by atoms with Gasteiger partial charge >= 0.3 is 0 Å². The number of rotatable bonds is 5. The molecule has 1 unspecified atom stereocenters. The first-order valence-electron chi connectivity index (χ1n) is 5.58. The molecule has 0 aliphatic heterocycles. The van der Waals surface area contributed by atoms with E-state index < -0.39 is 0 Å². The fourth-order valence-electron chi connectivity index (χ4n) is 1.65. The maximum Gasteiger partial charge on any atom is 0.120 e. The van der Waals surface area contributed by atoms with E-state index in [-0.39, 0.29) is 6.04 Å². The first-order chi connectivity index (χ1) is 7.75. The van der Waals surface area contributed by atoms with E-state index in [4.69, 9.17) is 8.83 Å². The molecule has 2 rings (SSSR count). The van der Waals surface area contributed by atoms with Crippen molar-refractivity contribution >= 4 is 0 Å². The van der Waals surface area contributed by atoms with Crippen molar-refractivity contribution in [3.63, 3.8) is 0 Å². The summed E-state index contributed by atoms with van der Waals surface area (Å²) < 4.78 is 10.8. The van der Waals surface area contributed by atoms with Gasteiger partial charge < -0.3 is 14.2 Å². The van der Waals surface area contributed by atoms with Crippen molar-refractivity contribution in [2.75, 3.05) is 6.54 Å². The van der Waals surface area contributed by atoms with Crippen LogP contribution in [0.25, 0.3) is 0 Å². The first-order valence-corrected chi connectivity index (χ1v) is 5.58. The lowest BCUT2D eigenvalue weighted by molar-refractivity contribution is 0.411. The Morgan fingerprint density at radius 2 is 2.19 bits per heavy atom. The van der Waals surface area contributed by atoms with Gasteiger partial charge in [0.2, 0.25) is 0 Å². The molecule has 0 saturated heterocycles. The van der Waals surface area contributed by atoms with Crippen molar-refractivity contribution in [2.45, 2.75) is 26.3 Å². The average Bonchev–Trinajstić information content (AvgIpc) is 2.89. The minimum absolute atomic E-state index is 0.240. The van der Waals surface area contributed by atoms with Crippen LogP contribution >= 0.6 is 0 Å². The van der Waals surface area contributed by atoms with Crippen LogP contribution < -0.4 is 5.32 Å². The van der Waals surface area contributed by atoms with E-state index in [1.807, 2.05) is 31.2 Å². The molecule has 0 fully saturated rings. The summed E-state index contributed by atoms with van der Waals surface area (Å²) in [4.78, 5) is 0. The monoisotopic (exact) mass is 219 g/mol. The molecule has 86 valence electrons. The van der Waals surface area contributed by atoms with Gasteiger partial charge in [0.05, 0.1) is 12.3 Å². The lowest BCUT2D eigenvalue weighted by Gasteiger charge is -2.10. The van der Waals surface area contributed by atoms with Crippen LogP contribution in [0.5, 0.6) is 0 Å².